The lowest BCUT2D eigenvalue weighted by molar-refractivity contribution is 0.0811. The third-order valence-electron chi connectivity index (χ3n) is 2.21. The number of rotatable bonds is 6. The maximum Gasteiger partial charge on any atom is 0.229 e. The summed E-state index contributed by atoms with van der Waals surface area (Å²) in [6, 6.07) is 0. The first-order valence-corrected chi connectivity index (χ1v) is 5.84. The highest BCUT2D eigenvalue weighted by Gasteiger charge is 2.08. The summed E-state index contributed by atoms with van der Waals surface area (Å²) >= 11 is 0. The first kappa shape index (κ1) is 12.6. The Bertz CT molecular complexity index is 511. The highest BCUT2D eigenvalue weighted by molar-refractivity contribution is 5.80. The average molecular weight is 251 g/mol. The molecule has 0 fully saturated rings. The van der Waals surface area contributed by atoms with Gasteiger partial charge in [-0.2, -0.15) is 15.1 Å². The van der Waals surface area contributed by atoms with E-state index < -0.39 is 0 Å². The Morgan fingerprint density at radius 2 is 2.17 bits per heavy atom. The Balaban J connectivity index is 1.93. The van der Waals surface area contributed by atoms with E-state index in [0.29, 0.717) is 36.0 Å². The van der Waals surface area contributed by atoms with Gasteiger partial charge in [-0.1, -0.05) is 13.8 Å². The molecule has 2 rings (SSSR count). The van der Waals surface area contributed by atoms with E-state index in [-0.39, 0.29) is 5.95 Å². The van der Waals surface area contributed by atoms with E-state index in [9.17, 15) is 0 Å². The van der Waals surface area contributed by atoms with Gasteiger partial charge in [-0.05, 0) is 5.92 Å². The number of fused-ring (bicyclic) bond motifs is 1. The minimum absolute atomic E-state index is 0.157. The van der Waals surface area contributed by atoms with Crippen LogP contribution < -0.4 is 10.5 Å². The molecule has 18 heavy (non-hydrogen) atoms. The fourth-order valence-corrected chi connectivity index (χ4v) is 1.45. The standard InChI is InChI=1S/C11H17N5O2/c1-7(2)6-17-3-4-18-10-8-5-13-16-9(8)14-11(12)15-10/h5,7H,3-4,6H2,1-2H3,(H3,12,13,14,15,16). The number of aromatic amines is 1. The topological polar surface area (TPSA) is 98.9 Å². The fourth-order valence-electron chi connectivity index (χ4n) is 1.45. The van der Waals surface area contributed by atoms with E-state index in [0.717, 1.165) is 6.61 Å². The Labute approximate surface area is 105 Å². The first-order chi connectivity index (χ1) is 8.66. The van der Waals surface area contributed by atoms with Crippen LogP contribution in [0.25, 0.3) is 11.0 Å². The van der Waals surface area contributed by atoms with E-state index in [1.807, 2.05) is 0 Å². The highest BCUT2D eigenvalue weighted by Crippen LogP contribution is 2.20. The molecular weight excluding hydrogens is 234 g/mol. The van der Waals surface area contributed by atoms with Crippen LogP contribution in [0.5, 0.6) is 5.88 Å². The molecule has 0 bridgehead atoms. The number of ether oxygens (including phenoxy) is 2. The van der Waals surface area contributed by atoms with E-state index in [1.165, 1.54) is 0 Å². The summed E-state index contributed by atoms with van der Waals surface area (Å²) in [5.74, 6) is 1.10. The molecule has 0 aliphatic heterocycles. The SMILES string of the molecule is CC(C)COCCOc1nc(N)nc2[nH]ncc12. The molecule has 2 aromatic heterocycles. The van der Waals surface area contributed by atoms with E-state index in [4.69, 9.17) is 15.2 Å². The predicted molar refractivity (Wildman–Crippen MR) is 67.2 cm³/mol. The van der Waals surface area contributed by atoms with Crippen LogP contribution in [0.15, 0.2) is 6.20 Å². The zero-order valence-electron chi connectivity index (χ0n) is 10.5. The van der Waals surface area contributed by atoms with E-state index >= 15 is 0 Å². The fraction of sp³-hybridized carbons (Fsp3) is 0.545. The van der Waals surface area contributed by atoms with Crippen molar-refractivity contribution in [3.8, 4) is 5.88 Å². The van der Waals surface area contributed by atoms with Crippen molar-refractivity contribution in [2.24, 2.45) is 5.92 Å². The second kappa shape index (κ2) is 5.63. The summed E-state index contributed by atoms with van der Waals surface area (Å²) in [4.78, 5) is 8.04. The second-order valence-corrected chi connectivity index (χ2v) is 4.34. The normalized spacial score (nSPS) is 11.3. The monoisotopic (exact) mass is 251 g/mol. The molecular formula is C11H17N5O2. The Morgan fingerprint density at radius 1 is 1.33 bits per heavy atom. The van der Waals surface area contributed by atoms with Gasteiger partial charge in [0, 0.05) is 6.61 Å². The van der Waals surface area contributed by atoms with Crippen LogP contribution in [-0.2, 0) is 4.74 Å². The molecule has 0 spiro atoms. The smallest absolute Gasteiger partial charge is 0.229 e. The number of nitrogens with two attached hydrogens (primary N) is 1. The summed E-state index contributed by atoms with van der Waals surface area (Å²) < 4.78 is 10.9. The zero-order chi connectivity index (χ0) is 13.0. The largest absolute Gasteiger partial charge is 0.475 e. The Hall–Kier alpha value is -1.89. The predicted octanol–water partition coefficient (Wildman–Crippen LogP) is 0.986. The lowest BCUT2D eigenvalue weighted by Crippen LogP contribution is -2.11. The van der Waals surface area contributed by atoms with Gasteiger partial charge in [-0.25, -0.2) is 0 Å². The highest BCUT2D eigenvalue weighted by atomic mass is 16.5. The molecule has 0 atom stereocenters. The molecule has 2 aromatic rings. The van der Waals surface area contributed by atoms with Crippen LogP contribution in [0.4, 0.5) is 5.95 Å². The second-order valence-electron chi connectivity index (χ2n) is 4.34. The number of anilines is 1. The summed E-state index contributed by atoms with van der Waals surface area (Å²) in [5, 5.41) is 7.32. The maximum atomic E-state index is 5.57. The number of nitrogens with one attached hydrogen (secondary N) is 1. The van der Waals surface area contributed by atoms with Gasteiger partial charge in [-0.3, -0.25) is 5.10 Å². The summed E-state index contributed by atoms with van der Waals surface area (Å²) in [6.07, 6.45) is 1.61. The molecule has 2 heterocycles. The third kappa shape index (κ3) is 3.07. The van der Waals surface area contributed by atoms with Crippen LogP contribution in [-0.4, -0.2) is 40.0 Å². The van der Waals surface area contributed by atoms with Gasteiger partial charge >= 0.3 is 0 Å². The van der Waals surface area contributed by atoms with Crippen molar-refractivity contribution in [2.45, 2.75) is 13.8 Å². The maximum absolute atomic E-state index is 5.57. The van der Waals surface area contributed by atoms with Gasteiger partial charge < -0.3 is 15.2 Å². The van der Waals surface area contributed by atoms with Crippen LogP contribution in [0.1, 0.15) is 13.8 Å². The molecule has 0 aromatic carbocycles. The van der Waals surface area contributed by atoms with Crippen LogP contribution in [0, 0.1) is 5.92 Å². The molecule has 3 N–H and O–H groups in total. The number of nitrogen functional groups attached to an aromatic ring is 1. The number of H-pyrrole nitrogens is 1. The zero-order valence-corrected chi connectivity index (χ0v) is 10.5. The van der Waals surface area contributed by atoms with Crippen molar-refractivity contribution < 1.29 is 9.47 Å². The molecule has 0 aliphatic rings. The molecule has 0 saturated heterocycles. The van der Waals surface area contributed by atoms with Crippen molar-refractivity contribution in [3.63, 3.8) is 0 Å². The molecule has 0 unspecified atom stereocenters. The number of aromatic nitrogens is 4. The van der Waals surface area contributed by atoms with Gasteiger partial charge in [0.15, 0.2) is 5.65 Å². The minimum atomic E-state index is 0.157. The van der Waals surface area contributed by atoms with E-state index in [2.05, 4.69) is 34.0 Å². The van der Waals surface area contributed by atoms with Gasteiger partial charge in [0.25, 0.3) is 0 Å². The molecule has 0 radical (unpaired) electrons. The summed E-state index contributed by atoms with van der Waals surface area (Å²) in [6.45, 7) is 5.85. The lowest BCUT2D eigenvalue weighted by atomic mass is 10.2. The molecule has 0 amide bonds. The quantitative estimate of drug-likeness (QED) is 0.743. The number of hydrogen-bond donors (Lipinski definition) is 2. The van der Waals surface area contributed by atoms with Crippen molar-refractivity contribution in [3.05, 3.63) is 6.20 Å². The molecule has 0 aliphatic carbocycles. The van der Waals surface area contributed by atoms with Crippen molar-refractivity contribution in [2.75, 3.05) is 25.6 Å². The lowest BCUT2D eigenvalue weighted by Gasteiger charge is -2.08. The Kier molecular flexibility index (Phi) is 3.93. The summed E-state index contributed by atoms with van der Waals surface area (Å²) in [5.41, 5.74) is 6.14. The van der Waals surface area contributed by atoms with Gasteiger partial charge in [0.1, 0.15) is 12.0 Å². The van der Waals surface area contributed by atoms with Gasteiger partial charge in [-0.15, -0.1) is 0 Å². The van der Waals surface area contributed by atoms with E-state index in [1.54, 1.807) is 6.20 Å². The van der Waals surface area contributed by atoms with Crippen LogP contribution >= 0.6 is 0 Å². The van der Waals surface area contributed by atoms with Gasteiger partial charge in [0.2, 0.25) is 11.8 Å². The molecule has 7 heteroatoms. The number of nitrogens with zero attached hydrogens (tertiary/aromatic N) is 3. The third-order valence-corrected chi connectivity index (χ3v) is 2.21. The van der Waals surface area contributed by atoms with Gasteiger partial charge in [0.05, 0.1) is 12.8 Å². The molecule has 0 saturated carbocycles. The van der Waals surface area contributed by atoms with Crippen LogP contribution in [0.3, 0.4) is 0 Å². The van der Waals surface area contributed by atoms with Crippen LogP contribution in [0.2, 0.25) is 0 Å². The first-order valence-electron chi connectivity index (χ1n) is 5.84. The summed E-state index contributed by atoms with van der Waals surface area (Å²) in [7, 11) is 0. The average Bonchev–Trinajstić information content (AvgIpc) is 2.75. The van der Waals surface area contributed by atoms with Crippen molar-refractivity contribution in [1.29, 1.82) is 0 Å². The Morgan fingerprint density at radius 3 is 2.94 bits per heavy atom. The van der Waals surface area contributed by atoms with Crippen molar-refractivity contribution in [1.82, 2.24) is 20.2 Å². The molecule has 98 valence electrons. The van der Waals surface area contributed by atoms with Crippen molar-refractivity contribution >= 4 is 17.0 Å². The molecule has 7 nitrogen and oxygen atoms in total. The number of hydrogen-bond acceptors (Lipinski definition) is 6. The minimum Gasteiger partial charge on any atom is -0.475 e.